The number of nitrogen functional groups attached to an aromatic ring is 1. The summed E-state index contributed by atoms with van der Waals surface area (Å²) in [5.74, 6) is 1.37. The summed E-state index contributed by atoms with van der Waals surface area (Å²) in [6, 6.07) is 7.54. The van der Waals surface area contributed by atoms with E-state index in [1.807, 2.05) is 24.3 Å². The molecule has 0 amide bonds. The number of nitrogens with one attached hydrogen (secondary N) is 1. The lowest BCUT2D eigenvalue weighted by Crippen LogP contribution is -2.07. The Morgan fingerprint density at radius 1 is 1.30 bits per heavy atom. The summed E-state index contributed by atoms with van der Waals surface area (Å²) < 4.78 is 9.86. The number of carbonyl (C=O) groups is 1. The van der Waals surface area contributed by atoms with E-state index in [4.69, 9.17) is 15.2 Å². The van der Waals surface area contributed by atoms with Gasteiger partial charge in [-0.25, -0.2) is 9.97 Å². The average molecular weight is 274 g/mol. The van der Waals surface area contributed by atoms with E-state index in [2.05, 4.69) is 15.3 Å². The second kappa shape index (κ2) is 6.37. The largest absolute Gasteiger partial charge is 0.497 e. The van der Waals surface area contributed by atoms with Crippen molar-refractivity contribution in [3.05, 3.63) is 36.2 Å². The molecular weight excluding hydrogens is 260 g/mol. The van der Waals surface area contributed by atoms with Crippen LogP contribution >= 0.6 is 0 Å². The molecule has 0 saturated heterocycles. The van der Waals surface area contributed by atoms with Crippen LogP contribution in [0.2, 0.25) is 0 Å². The van der Waals surface area contributed by atoms with Gasteiger partial charge in [0.15, 0.2) is 11.6 Å². The van der Waals surface area contributed by atoms with Crippen molar-refractivity contribution >= 4 is 18.1 Å². The summed E-state index contributed by atoms with van der Waals surface area (Å²) in [4.78, 5) is 18.2. The van der Waals surface area contributed by atoms with Gasteiger partial charge in [-0.15, -0.1) is 0 Å². The number of nitrogens with zero attached hydrogens (tertiary/aromatic N) is 2. The maximum Gasteiger partial charge on any atom is 0.298 e. The van der Waals surface area contributed by atoms with E-state index in [-0.39, 0.29) is 18.0 Å². The molecule has 0 bridgehead atoms. The molecule has 2 rings (SSSR count). The van der Waals surface area contributed by atoms with E-state index >= 15 is 0 Å². The number of nitrogens with two attached hydrogens (primary N) is 1. The highest BCUT2D eigenvalue weighted by Crippen LogP contribution is 2.26. The van der Waals surface area contributed by atoms with E-state index in [9.17, 15) is 4.79 Å². The molecule has 0 aliphatic heterocycles. The molecule has 0 aliphatic carbocycles. The van der Waals surface area contributed by atoms with Crippen LogP contribution < -0.4 is 20.5 Å². The number of ether oxygens (including phenoxy) is 2. The molecule has 0 atom stereocenters. The predicted molar refractivity (Wildman–Crippen MR) is 73.5 cm³/mol. The Bertz CT molecular complexity index is 587. The van der Waals surface area contributed by atoms with Gasteiger partial charge >= 0.3 is 0 Å². The minimum Gasteiger partial charge on any atom is -0.497 e. The summed E-state index contributed by atoms with van der Waals surface area (Å²) in [6.07, 6.45) is 1.29. The van der Waals surface area contributed by atoms with E-state index in [1.165, 1.54) is 6.33 Å². The van der Waals surface area contributed by atoms with Crippen molar-refractivity contribution in [2.24, 2.45) is 0 Å². The van der Waals surface area contributed by atoms with Gasteiger partial charge in [0.05, 0.1) is 7.11 Å². The van der Waals surface area contributed by atoms with Crippen LogP contribution in [0.4, 0.5) is 11.6 Å². The summed E-state index contributed by atoms with van der Waals surface area (Å²) in [6.45, 7) is 0.781. The van der Waals surface area contributed by atoms with Gasteiger partial charge in [0, 0.05) is 6.54 Å². The maximum absolute atomic E-state index is 10.4. The molecule has 1 heterocycles. The molecule has 104 valence electrons. The predicted octanol–water partition coefficient (Wildman–Crippen LogP) is 1.21. The lowest BCUT2D eigenvalue weighted by molar-refractivity contribution is -0.120. The first kappa shape index (κ1) is 13.6. The van der Waals surface area contributed by atoms with Crippen molar-refractivity contribution in [2.45, 2.75) is 6.54 Å². The molecule has 0 spiro atoms. The molecule has 0 aliphatic rings. The van der Waals surface area contributed by atoms with E-state index in [0.717, 1.165) is 11.3 Å². The van der Waals surface area contributed by atoms with Crippen molar-refractivity contribution in [3.8, 4) is 11.5 Å². The molecule has 20 heavy (non-hydrogen) atoms. The van der Waals surface area contributed by atoms with Crippen molar-refractivity contribution in [2.75, 3.05) is 18.2 Å². The van der Waals surface area contributed by atoms with Crippen LogP contribution in [0, 0.1) is 0 Å². The summed E-state index contributed by atoms with van der Waals surface area (Å²) >= 11 is 0. The Hall–Kier alpha value is -2.83. The lowest BCUT2D eigenvalue weighted by Gasteiger charge is -2.10. The zero-order valence-corrected chi connectivity index (χ0v) is 10.9. The standard InChI is InChI=1S/C13H14N4O3/c1-19-10-4-2-9(3-5-10)6-15-13-11(20-8-18)12(14)16-7-17-13/h2-5,7-8H,6H2,1H3,(H3,14,15,16,17). The highest BCUT2D eigenvalue weighted by atomic mass is 16.5. The van der Waals surface area contributed by atoms with Crippen LogP contribution in [0.15, 0.2) is 30.6 Å². The van der Waals surface area contributed by atoms with Crippen LogP contribution in [0.3, 0.4) is 0 Å². The zero-order chi connectivity index (χ0) is 14.4. The van der Waals surface area contributed by atoms with Crippen LogP contribution in [0.5, 0.6) is 11.5 Å². The minimum atomic E-state index is 0.101. The van der Waals surface area contributed by atoms with E-state index < -0.39 is 0 Å². The average Bonchev–Trinajstić information content (AvgIpc) is 2.48. The first-order chi connectivity index (χ1) is 9.74. The normalized spacial score (nSPS) is 9.85. The second-order valence-electron chi connectivity index (χ2n) is 3.85. The summed E-state index contributed by atoms with van der Waals surface area (Å²) in [5.41, 5.74) is 6.64. The summed E-state index contributed by atoms with van der Waals surface area (Å²) in [7, 11) is 1.61. The third-order valence-electron chi connectivity index (χ3n) is 2.62. The fourth-order valence-corrected chi connectivity index (χ4v) is 1.61. The molecule has 7 nitrogen and oxygen atoms in total. The number of rotatable bonds is 6. The smallest absolute Gasteiger partial charge is 0.298 e. The Kier molecular flexibility index (Phi) is 4.33. The topological polar surface area (TPSA) is 99.4 Å². The van der Waals surface area contributed by atoms with Gasteiger partial charge in [-0.3, -0.25) is 4.79 Å². The van der Waals surface area contributed by atoms with Crippen molar-refractivity contribution < 1.29 is 14.3 Å². The van der Waals surface area contributed by atoms with Gasteiger partial charge in [-0.1, -0.05) is 12.1 Å². The number of hydrogen-bond acceptors (Lipinski definition) is 7. The highest BCUT2D eigenvalue weighted by molar-refractivity contribution is 5.65. The highest BCUT2D eigenvalue weighted by Gasteiger charge is 2.10. The van der Waals surface area contributed by atoms with Crippen molar-refractivity contribution in [3.63, 3.8) is 0 Å². The number of benzene rings is 1. The second-order valence-corrected chi connectivity index (χ2v) is 3.85. The fraction of sp³-hybridized carbons (Fsp3) is 0.154. The first-order valence-corrected chi connectivity index (χ1v) is 5.82. The number of anilines is 2. The SMILES string of the molecule is COc1ccc(CNc2ncnc(N)c2OC=O)cc1. The van der Waals surface area contributed by atoms with E-state index in [0.29, 0.717) is 12.4 Å². The molecule has 1 aromatic heterocycles. The van der Waals surface area contributed by atoms with Gasteiger partial charge in [0.1, 0.15) is 12.1 Å². The summed E-state index contributed by atoms with van der Waals surface area (Å²) in [5, 5.41) is 3.04. The molecular formula is C13H14N4O3. The van der Waals surface area contributed by atoms with Crippen molar-refractivity contribution in [1.29, 1.82) is 0 Å². The van der Waals surface area contributed by atoms with Crippen LogP contribution in [0.25, 0.3) is 0 Å². The molecule has 3 N–H and O–H groups in total. The third kappa shape index (κ3) is 3.14. The van der Waals surface area contributed by atoms with Crippen LogP contribution in [-0.4, -0.2) is 23.5 Å². The lowest BCUT2D eigenvalue weighted by atomic mass is 10.2. The Morgan fingerprint density at radius 2 is 2.05 bits per heavy atom. The first-order valence-electron chi connectivity index (χ1n) is 5.82. The zero-order valence-electron chi connectivity index (χ0n) is 10.9. The Labute approximate surface area is 115 Å². The molecule has 0 radical (unpaired) electrons. The Morgan fingerprint density at radius 3 is 2.70 bits per heavy atom. The maximum atomic E-state index is 10.4. The number of hydrogen-bond donors (Lipinski definition) is 2. The van der Waals surface area contributed by atoms with Gasteiger partial charge in [0.25, 0.3) is 6.47 Å². The molecule has 2 aromatic rings. The molecule has 0 fully saturated rings. The molecule has 7 heteroatoms. The minimum absolute atomic E-state index is 0.101. The quantitative estimate of drug-likeness (QED) is 0.764. The third-order valence-corrected chi connectivity index (χ3v) is 2.62. The monoisotopic (exact) mass is 274 g/mol. The van der Waals surface area contributed by atoms with Gasteiger partial charge in [-0.2, -0.15) is 0 Å². The Balaban J connectivity index is 2.09. The van der Waals surface area contributed by atoms with Crippen molar-refractivity contribution in [1.82, 2.24) is 9.97 Å². The number of carbonyl (C=O) groups excluding carboxylic acids is 1. The fourth-order valence-electron chi connectivity index (χ4n) is 1.61. The van der Waals surface area contributed by atoms with Crippen LogP contribution in [0.1, 0.15) is 5.56 Å². The van der Waals surface area contributed by atoms with Crippen LogP contribution in [-0.2, 0) is 11.3 Å². The van der Waals surface area contributed by atoms with Gasteiger partial charge in [-0.05, 0) is 17.7 Å². The van der Waals surface area contributed by atoms with E-state index in [1.54, 1.807) is 7.11 Å². The number of aromatic nitrogens is 2. The number of methoxy groups -OCH3 is 1. The van der Waals surface area contributed by atoms with Gasteiger partial charge < -0.3 is 20.5 Å². The molecule has 0 unspecified atom stereocenters. The molecule has 0 saturated carbocycles. The van der Waals surface area contributed by atoms with Gasteiger partial charge in [0.2, 0.25) is 5.75 Å². The molecule has 1 aromatic carbocycles.